The van der Waals surface area contributed by atoms with Crippen molar-refractivity contribution in [1.82, 2.24) is 4.90 Å². The predicted molar refractivity (Wildman–Crippen MR) is 100 cm³/mol. The smallest absolute Gasteiger partial charge is 0.145 e. The van der Waals surface area contributed by atoms with Crippen LogP contribution in [0.5, 0.6) is 5.75 Å². The highest BCUT2D eigenvalue weighted by molar-refractivity contribution is 6.30. The van der Waals surface area contributed by atoms with Crippen LogP contribution in [-0.4, -0.2) is 52.6 Å². The average molecular weight is 386 g/mol. The third-order valence-electron chi connectivity index (χ3n) is 5.99. The lowest BCUT2D eigenvalue weighted by atomic mass is 9.74. The molecule has 2 N–H and O–H groups in total. The fourth-order valence-corrected chi connectivity index (χ4v) is 4.19. The normalized spacial score (nSPS) is 30.3. The van der Waals surface area contributed by atoms with Gasteiger partial charge in [-0.3, -0.25) is 4.90 Å². The van der Waals surface area contributed by atoms with Gasteiger partial charge in [-0.1, -0.05) is 25.4 Å². The second-order valence-electron chi connectivity index (χ2n) is 8.64. The summed E-state index contributed by atoms with van der Waals surface area (Å²) in [7, 11) is 0. The highest BCUT2D eigenvalue weighted by Crippen LogP contribution is 2.38. The number of likely N-dealkylation sites (tertiary alicyclic amines) is 1. The highest BCUT2D eigenvalue weighted by Gasteiger charge is 2.44. The fraction of sp³-hybridized carbons (Fsp3) is 0.700. The molecule has 2 fully saturated rings. The number of rotatable bonds is 4. The number of aliphatic hydroxyl groups excluding tert-OH is 1. The van der Waals surface area contributed by atoms with Crippen LogP contribution in [0.3, 0.4) is 0 Å². The zero-order valence-corrected chi connectivity index (χ0v) is 16.3. The van der Waals surface area contributed by atoms with Crippen LogP contribution in [0.15, 0.2) is 18.2 Å². The molecule has 2 atom stereocenters. The molecule has 1 saturated heterocycles. The Morgan fingerprint density at radius 2 is 1.96 bits per heavy atom. The largest absolute Gasteiger partial charge is 0.490 e. The third kappa shape index (κ3) is 4.50. The van der Waals surface area contributed by atoms with E-state index in [1.165, 1.54) is 25.0 Å². The molecule has 0 bridgehead atoms. The van der Waals surface area contributed by atoms with Gasteiger partial charge in [0.05, 0.1) is 11.1 Å². The van der Waals surface area contributed by atoms with Crippen molar-refractivity contribution in [3.05, 3.63) is 29.0 Å². The number of aliphatic hydroxyl groups is 2. The molecule has 2 aliphatic rings. The summed E-state index contributed by atoms with van der Waals surface area (Å²) in [6.45, 7) is 5.68. The maximum atomic E-state index is 13.6. The number of nitrogens with zero attached hydrogens (tertiary/aromatic N) is 1. The maximum Gasteiger partial charge on any atom is 0.145 e. The lowest BCUT2D eigenvalue weighted by molar-refractivity contribution is -0.148. The molecule has 26 heavy (non-hydrogen) atoms. The number of hydrogen-bond donors (Lipinski definition) is 2. The van der Waals surface area contributed by atoms with Crippen molar-refractivity contribution < 1.29 is 19.3 Å². The van der Waals surface area contributed by atoms with Gasteiger partial charge < -0.3 is 14.9 Å². The van der Waals surface area contributed by atoms with E-state index < -0.39 is 17.5 Å². The van der Waals surface area contributed by atoms with E-state index in [1.54, 1.807) is 6.07 Å². The van der Waals surface area contributed by atoms with E-state index in [0.717, 1.165) is 19.4 Å². The van der Waals surface area contributed by atoms with Crippen molar-refractivity contribution in [2.45, 2.75) is 63.7 Å². The average Bonchev–Trinajstić information content (AvgIpc) is 2.59. The molecule has 0 radical (unpaired) electrons. The molecule has 0 amide bonds. The number of β-amino-alcohol motifs (C(OH)–C–C–N with tert-alkyl or cyclic N) is 1. The molecule has 3 rings (SSSR count). The molecular formula is C20H29ClFNO3. The summed E-state index contributed by atoms with van der Waals surface area (Å²) in [5.41, 5.74) is -0.967. The SMILES string of the molecule is CC1(C)CCC(N2CC[C@H](O)[C@@](O)(COc3ccc(Cl)c(F)c3)C2)CC1. The Hall–Kier alpha value is -0.880. The van der Waals surface area contributed by atoms with E-state index in [4.69, 9.17) is 16.3 Å². The van der Waals surface area contributed by atoms with Crippen LogP contribution in [0.2, 0.25) is 5.02 Å². The summed E-state index contributed by atoms with van der Waals surface area (Å²) in [5.74, 6) is -0.268. The Morgan fingerprint density at radius 1 is 1.27 bits per heavy atom. The number of halogens is 2. The number of piperidine rings is 1. The summed E-state index contributed by atoms with van der Waals surface area (Å²) >= 11 is 5.68. The molecule has 1 aliphatic carbocycles. The van der Waals surface area contributed by atoms with Gasteiger partial charge in [-0.2, -0.15) is 0 Å². The quantitative estimate of drug-likeness (QED) is 0.831. The zero-order chi connectivity index (χ0) is 18.9. The summed E-state index contributed by atoms with van der Waals surface area (Å²) in [6, 6.07) is 4.62. The minimum absolute atomic E-state index is 0.0279. The van der Waals surface area contributed by atoms with Gasteiger partial charge in [0.1, 0.15) is 23.8 Å². The predicted octanol–water partition coefficient (Wildman–Crippen LogP) is 3.62. The van der Waals surface area contributed by atoms with E-state index in [0.29, 0.717) is 30.2 Å². The topological polar surface area (TPSA) is 52.9 Å². The van der Waals surface area contributed by atoms with Crippen molar-refractivity contribution in [2.75, 3.05) is 19.7 Å². The molecule has 4 nitrogen and oxygen atoms in total. The van der Waals surface area contributed by atoms with Crippen LogP contribution in [0.4, 0.5) is 4.39 Å². The van der Waals surface area contributed by atoms with Crippen LogP contribution in [0.25, 0.3) is 0 Å². The molecule has 1 aromatic rings. The van der Waals surface area contributed by atoms with Crippen molar-refractivity contribution in [2.24, 2.45) is 5.41 Å². The molecule has 0 unspecified atom stereocenters. The molecule has 146 valence electrons. The van der Waals surface area contributed by atoms with Gasteiger partial charge in [0.2, 0.25) is 0 Å². The maximum absolute atomic E-state index is 13.6. The molecule has 0 spiro atoms. The van der Waals surface area contributed by atoms with Crippen LogP contribution in [0.1, 0.15) is 46.0 Å². The first kappa shape index (κ1) is 19.9. The first-order valence-corrected chi connectivity index (χ1v) is 9.79. The van der Waals surface area contributed by atoms with E-state index >= 15 is 0 Å². The molecule has 1 saturated carbocycles. The van der Waals surface area contributed by atoms with Crippen molar-refractivity contribution in [3.8, 4) is 5.75 Å². The zero-order valence-electron chi connectivity index (χ0n) is 15.5. The first-order valence-electron chi connectivity index (χ1n) is 9.41. The lowest BCUT2D eigenvalue weighted by Crippen LogP contribution is -2.62. The van der Waals surface area contributed by atoms with Gasteiger partial charge in [0.15, 0.2) is 0 Å². The number of ether oxygens (including phenoxy) is 1. The molecular weight excluding hydrogens is 357 g/mol. The second-order valence-corrected chi connectivity index (χ2v) is 9.05. The fourth-order valence-electron chi connectivity index (χ4n) is 4.07. The minimum atomic E-state index is -1.36. The van der Waals surface area contributed by atoms with Crippen molar-refractivity contribution >= 4 is 11.6 Å². The highest BCUT2D eigenvalue weighted by atomic mass is 35.5. The van der Waals surface area contributed by atoms with Crippen molar-refractivity contribution in [1.29, 1.82) is 0 Å². The minimum Gasteiger partial charge on any atom is -0.490 e. The monoisotopic (exact) mass is 385 g/mol. The Kier molecular flexibility index (Phi) is 5.83. The molecule has 1 aliphatic heterocycles. The van der Waals surface area contributed by atoms with Crippen LogP contribution in [-0.2, 0) is 0 Å². The lowest BCUT2D eigenvalue weighted by Gasteiger charge is -2.47. The van der Waals surface area contributed by atoms with Gasteiger partial charge in [-0.05, 0) is 49.7 Å². The van der Waals surface area contributed by atoms with E-state index in [1.807, 2.05) is 0 Å². The Bertz CT molecular complexity index is 631. The molecule has 0 aromatic heterocycles. The molecule has 1 aromatic carbocycles. The Morgan fingerprint density at radius 3 is 2.62 bits per heavy atom. The van der Waals surface area contributed by atoms with Crippen molar-refractivity contribution in [3.63, 3.8) is 0 Å². The van der Waals surface area contributed by atoms with Gasteiger partial charge in [-0.15, -0.1) is 0 Å². The number of hydrogen-bond acceptors (Lipinski definition) is 4. The Balaban J connectivity index is 1.62. The van der Waals surface area contributed by atoms with Gasteiger partial charge in [0.25, 0.3) is 0 Å². The van der Waals surface area contributed by atoms with Gasteiger partial charge in [0, 0.05) is 25.2 Å². The third-order valence-corrected chi connectivity index (χ3v) is 6.30. The van der Waals surface area contributed by atoms with Gasteiger partial charge >= 0.3 is 0 Å². The summed E-state index contributed by atoms with van der Waals surface area (Å²) in [4.78, 5) is 2.29. The summed E-state index contributed by atoms with van der Waals surface area (Å²) in [5, 5.41) is 21.4. The van der Waals surface area contributed by atoms with Crippen LogP contribution in [0, 0.1) is 11.2 Å². The molecule has 6 heteroatoms. The molecule has 1 heterocycles. The van der Waals surface area contributed by atoms with E-state index in [-0.39, 0.29) is 11.6 Å². The van der Waals surface area contributed by atoms with Gasteiger partial charge in [-0.25, -0.2) is 4.39 Å². The summed E-state index contributed by atoms with van der Waals surface area (Å²) in [6.07, 6.45) is 4.24. The van der Waals surface area contributed by atoms with Crippen LogP contribution >= 0.6 is 11.6 Å². The first-order chi connectivity index (χ1) is 12.2. The second kappa shape index (κ2) is 7.63. The van der Waals surface area contributed by atoms with Crippen LogP contribution < -0.4 is 4.74 Å². The Labute approximate surface area is 159 Å². The van der Waals surface area contributed by atoms with E-state index in [2.05, 4.69) is 18.7 Å². The standard InChI is InChI=1S/C20H29ClFNO3/c1-19(2)8-5-14(6-9-19)23-10-7-18(24)20(25,12-23)13-26-15-3-4-16(21)17(22)11-15/h3-4,11,14,18,24-25H,5-10,12-13H2,1-2H3/t18-,20-/m0/s1. The summed E-state index contributed by atoms with van der Waals surface area (Å²) < 4.78 is 19.1. The van der Waals surface area contributed by atoms with E-state index in [9.17, 15) is 14.6 Å². The number of benzene rings is 1.